The van der Waals surface area contributed by atoms with Crippen LogP contribution >= 0.6 is 0 Å². The minimum absolute atomic E-state index is 0.156. The summed E-state index contributed by atoms with van der Waals surface area (Å²) in [5.41, 5.74) is 0.317. The number of alkyl halides is 2. The van der Waals surface area contributed by atoms with E-state index in [1.165, 1.54) is 23.4 Å². The zero-order valence-corrected chi connectivity index (χ0v) is 10.3. The highest BCUT2D eigenvalue weighted by Crippen LogP contribution is 2.08. The number of carbonyl (C=O) groups excluding carboxylic acids is 1. The van der Waals surface area contributed by atoms with Crippen molar-refractivity contribution in [1.29, 1.82) is 0 Å². The van der Waals surface area contributed by atoms with E-state index >= 15 is 0 Å². The number of hydrogen-bond donors (Lipinski definition) is 2. The number of nitrogens with one attached hydrogen (secondary N) is 1. The minimum Gasteiger partial charge on any atom is -0.395 e. The molecule has 6 nitrogen and oxygen atoms in total. The molecule has 0 aliphatic carbocycles. The van der Waals surface area contributed by atoms with Gasteiger partial charge in [-0.15, -0.1) is 6.58 Å². The lowest BCUT2D eigenvalue weighted by Gasteiger charge is -2.19. The molecule has 0 aromatic carbocycles. The molecule has 0 unspecified atom stereocenters. The van der Waals surface area contributed by atoms with Gasteiger partial charge >= 0.3 is 6.03 Å². The van der Waals surface area contributed by atoms with Crippen LogP contribution in [-0.2, 0) is 6.54 Å². The second-order valence-corrected chi connectivity index (χ2v) is 3.73. The molecule has 0 aliphatic rings. The number of amides is 2. The van der Waals surface area contributed by atoms with Gasteiger partial charge in [0.15, 0.2) is 0 Å². The van der Waals surface area contributed by atoms with Gasteiger partial charge < -0.3 is 15.3 Å². The number of urea groups is 1. The minimum atomic E-state index is -2.50. The maximum Gasteiger partial charge on any atom is 0.322 e. The Bertz CT molecular complexity index is 423. The Labute approximate surface area is 109 Å². The number of aromatic nitrogens is 2. The molecule has 1 rings (SSSR count). The fourth-order valence-electron chi connectivity index (χ4n) is 1.42. The van der Waals surface area contributed by atoms with Gasteiger partial charge in [0.25, 0.3) is 6.43 Å². The van der Waals surface area contributed by atoms with E-state index in [0.717, 1.165) is 4.68 Å². The van der Waals surface area contributed by atoms with Crippen molar-refractivity contribution in [2.45, 2.75) is 13.0 Å². The summed E-state index contributed by atoms with van der Waals surface area (Å²) < 4.78 is 25.3. The Balaban J connectivity index is 2.59. The molecule has 2 N–H and O–H groups in total. The van der Waals surface area contributed by atoms with E-state index in [1.54, 1.807) is 0 Å². The first-order chi connectivity index (χ1) is 9.06. The molecule has 0 spiro atoms. The second-order valence-electron chi connectivity index (χ2n) is 3.73. The first-order valence-electron chi connectivity index (χ1n) is 5.65. The number of anilines is 1. The van der Waals surface area contributed by atoms with Gasteiger partial charge in [-0.05, 0) is 0 Å². The van der Waals surface area contributed by atoms with Crippen LogP contribution < -0.4 is 5.32 Å². The van der Waals surface area contributed by atoms with E-state index in [-0.39, 0.29) is 19.7 Å². The van der Waals surface area contributed by atoms with Crippen LogP contribution in [0.1, 0.15) is 0 Å². The molecule has 19 heavy (non-hydrogen) atoms. The predicted octanol–water partition coefficient (Wildman–Crippen LogP) is 1.16. The van der Waals surface area contributed by atoms with Gasteiger partial charge in [-0.3, -0.25) is 4.68 Å². The van der Waals surface area contributed by atoms with Gasteiger partial charge in [-0.25, -0.2) is 13.6 Å². The summed E-state index contributed by atoms with van der Waals surface area (Å²) in [5, 5.41) is 15.0. The van der Waals surface area contributed by atoms with Crippen LogP contribution in [0.5, 0.6) is 0 Å². The topological polar surface area (TPSA) is 70.4 Å². The Hall–Kier alpha value is -1.96. The van der Waals surface area contributed by atoms with Crippen molar-refractivity contribution in [2.75, 3.05) is 25.0 Å². The smallest absolute Gasteiger partial charge is 0.322 e. The first kappa shape index (κ1) is 15.1. The van der Waals surface area contributed by atoms with Gasteiger partial charge in [0.2, 0.25) is 0 Å². The summed E-state index contributed by atoms with van der Waals surface area (Å²) >= 11 is 0. The third kappa shape index (κ3) is 5.04. The molecule has 0 atom stereocenters. The van der Waals surface area contributed by atoms with Gasteiger partial charge in [0.1, 0.15) is 6.54 Å². The number of nitrogens with zero attached hydrogens (tertiary/aromatic N) is 3. The first-order valence-corrected chi connectivity index (χ1v) is 5.65. The molecular weight excluding hydrogens is 258 g/mol. The van der Waals surface area contributed by atoms with E-state index in [1.807, 2.05) is 0 Å². The molecule has 1 aromatic rings. The number of rotatable bonds is 7. The Morgan fingerprint density at radius 3 is 3.00 bits per heavy atom. The Morgan fingerprint density at radius 2 is 2.42 bits per heavy atom. The van der Waals surface area contributed by atoms with Gasteiger partial charge in [0.05, 0.1) is 18.5 Å². The quantitative estimate of drug-likeness (QED) is 0.733. The fraction of sp³-hybridized carbons (Fsp3) is 0.455. The number of carbonyl (C=O) groups is 1. The van der Waals surface area contributed by atoms with Crippen LogP contribution in [0.15, 0.2) is 25.0 Å². The van der Waals surface area contributed by atoms with Gasteiger partial charge in [0, 0.05) is 19.3 Å². The van der Waals surface area contributed by atoms with Gasteiger partial charge in [-0.2, -0.15) is 5.10 Å². The monoisotopic (exact) mass is 274 g/mol. The summed E-state index contributed by atoms with van der Waals surface area (Å²) in [5.74, 6) is 0. The van der Waals surface area contributed by atoms with Crippen LogP contribution in [0.3, 0.4) is 0 Å². The van der Waals surface area contributed by atoms with Crippen molar-refractivity contribution >= 4 is 11.7 Å². The molecule has 1 heterocycles. The summed E-state index contributed by atoms with van der Waals surface area (Å²) in [6.07, 6.45) is 1.62. The lowest BCUT2D eigenvalue weighted by Crippen LogP contribution is -2.37. The molecule has 0 bridgehead atoms. The van der Waals surface area contributed by atoms with E-state index < -0.39 is 19.0 Å². The van der Waals surface area contributed by atoms with Crippen molar-refractivity contribution in [3.8, 4) is 0 Å². The van der Waals surface area contributed by atoms with Crippen LogP contribution in [0, 0.1) is 0 Å². The molecule has 8 heteroatoms. The van der Waals surface area contributed by atoms with Crippen molar-refractivity contribution in [3.05, 3.63) is 25.0 Å². The Kier molecular flexibility index (Phi) is 5.94. The number of halogens is 2. The van der Waals surface area contributed by atoms with Crippen LogP contribution in [-0.4, -0.2) is 51.9 Å². The van der Waals surface area contributed by atoms with Crippen molar-refractivity contribution in [1.82, 2.24) is 14.7 Å². The van der Waals surface area contributed by atoms with E-state index in [9.17, 15) is 13.6 Å². The fourth-order valence-corrected chi connectivity index (χ4v) is 1.42. The third-order valence-corrected chi connectivity index (χ3v) is 2.22. The van der Waals surface area contributed by atoms with Gasteiger partial charge in [-0.1, -0.05) is 6.08 Å². The zero-order chi connectivity index (χ0) is 14.3. The van der Waals surface area contributed by atoms with E-state index in [2.05, 4.69) is 17.0 Å². The molecule has 1 aromatic heterocycles. The standard InChI is InChI=1S/C11H16F2N4O2/c1-2-3-16(4-5-18)11(19)15-9-6-14-17(7-9)8-10(12)13/h2,6-7,10,18H,1,3-5,8H2,(H,15,19). The summed E-state index contributed by atoms with van der Waals surface area (Å²) in [4.78, 5) is 13.1. The maximum absolute atomic E-state index is 12.1. The van der Waals surface area contributed by atoms with E-state index in [4.69, 9.17) is 5.11 Å². The highest BCUT2D eigenvalue weighted by molar-refractivity contribution is 5.89. The lowest BCUT2D eigenvalue weighted by atomic mass is 10.4. The molecule has 2 amide bonds. The largest absolute Gasteiger partial charge is 0.395 e. The SMILES string of the molecule is C=CCN(CCO)C(=O)Nc1cnn(CC(F)F)c1. The highest BCUT2D eigenvalue weighted by atomic mass is 19.3. The number of aliphatic hydroxyl groups excluding tert-OH is 1. The molecular formula is C11H16F2N4O2. The zero-order valence-electron chi connectivity index (χ0n) is 10.3. The van der Waals surface area contributed by atoms with Crippen LogP contribution in [0.25, 0.3) is 0 Å². The maximum atomic E-state index is 12.1. The molecule has 0 saturated heterocycles. The van der Waals surface area contributed by atoms with E-state index in [0.29, 0.717) is 5.69 Å². The average molecular weight is 274 g/mol. The van der Waals surface area contributed by atoms with Crippen molar-refractivity contribution in [3.63, 3.8) is 0 Å². The van der Waals surface area contributed by atoms with Crippen molar-refractivity contribution in [2.24, 2.45) is 0 Å². The second kappa shape index (κ2) is 7.47. The molecule has 106 valence electrons. The average Bonchev–Trinajstić information content (AvgIpc) is 2.75. The molecule has 0 saturated carbocycles. The Morgan fingerprint density at radius 1 is 1.68 bits per heavy atom. The third-order valence-electron chi connectivity index (χ3n) is 2.22. The normalized spacial score (nSPS) is 10.5. The van der Waals surface area contributed by atoms with Crippen LogP contribution in [0.4, 0.5) is 19.3 Å². The van der Waals surface area contributed by atoms with Crippen LogP contribution in [0.2, 0.25) is 0 Å². The lowest BCUT2D eigenvalue weighted by molar-refractivity contribution is 0.122. The predicted molar refractivity (Wildman–Crippen MR) is 66.1 cm³/mol. The summed E-state index contributed by atoms with van der Waals surface area (Å²) in [7, 11) is 0. The number of hydrogen-bond acceptors (Lipinski definition) is 3. The molecule has 0 aliphatic heterocycles. The van der Waals surface area contributed by atoms with Crippen molar-refractivity contribution < 1.29 is 18.7 Å². The summed E-state index contributed by atoms with van der Waals surface area (Å²) in [6.45, 7) is 3.24. The number of aliphatic hydroxyl groups is 1. The molecule has 0 fully saturated rings. The highest BCUT2D eigenvalue weighted by Gasteiger charge is 2.13. The molecule has 0 radical (unpaired) electrons. The summed E-state index contributed by atoms with van der Waals surface area (Å²) in [6, 6.07) is -0.453.